The molecule has 1 aromatic carbocycles. The number of benzene rings is 1. The van der Waals surface area contributed by atoms with Crippen molar-refractivity contribution in [3.05, 3.63) is 35.9 Å². The van der Waals surface area contributed by atoms with Gasteiger partial charge in [-0.1, -0.05) is 44.2 Å². The van der Waals surface area contributed by atoms with E-state index >= 15 is 0 Å². The molecule has 1 aromatic rings. The Morgan fingerprint density at radius 1 is 1.24 bits per heavy atom. The summed E-state index contributed by atoms with van der Waals surface area (Å²) >= 11 is 0. The van der Waals surface area contributed by atoms with Gasteiger partial charge in [-0.15, -0.1) is 0 Å². The first kappa shape index (κ1) is 13.7. The van der Waals surface area contributed by atoms with Crippen LogP contribution in [0.2, 0.25) is 0 Å². The molecule has 1 amide bonds. The highest BCUT2D eigenvalue weighted by molar-refractivity contribution is 7.88. The van der Waals surface area contributed by atoms with Crippen LogP contribution in [0.25, 0.3) is 0 Å². The van der Waals surface area contributed by atoms with E-state index in [1.54, 1.807) is 26.0 Å². The lowest BCUT2D eigenvalue weighted by molar-refractivity contribution is -0.129. The second-order valence-corrected chi connectivity index (χ2v) is 6.15. The Morgan fingerprint density at radius 3 is 2.18 bits per heavy atom. The molecule has 0 fully saturated rings. The Balaban J connectivity index is 2.98. The van der Waals surface area contributed by atoms with Crippen molar-refractivity contribution < 1.29 is 13.2 Å². The molecule has 0 saturated heterocycles. The highest BCUT2D eigenvalue weighted by atomic mass is 32.2. The van der Waals surface area contributed by atoms with Crippen LogP contribution < -0.4 is 0 Å². The average molecular weight is 255 g/mol. The molecule has 0 atom stereocenters. The van der Waals surface area contributed by atoms with Crippen LogP contribution in [-0.4, -0.2) is 24.9 Å². The lowest BCUT2D eigenvalue weighted by atomic mass is 10.2. The zero-order valence-corrected chi connectivity index (χ0v) is 11.1. The van der Waals surface area contributed by atoms with Crippen LogP contribution in [-0.2, 0) is 21.4 Å². The van der Waals surface area contributed by atoms with E-state index in [0.717, 1.165) is 16.1 Å². The van der Waals surface area contributed by atoms with E-state index in [1.807, 2.05) is 18.2 Å². The largest absolute Gasteiger partial charge is 0.274 e. The van der Waals surface area contributed by atoms with Gasteiger partial charge in [-0.2, -0.15) is 0 Å². The van der Waals surface area contributed by atoms with E-state index in [-0.39, 0.29) is 18.4 Å². The monoisotopic (exact) mass is 255 g/mol. The van der Waals surface area contributed by atoms with Gasteiger partial charge in [-0.3, -0.25) is 4.79 Å². The van der Waals surface area contributed by atoms with E-state index in [0.29, 0.717) is 0 Å². The number of nitrogens with zero attached hydrogens (tertiary/aromatic N) is 1. The summed E-state index contributed by atoms with van der Waals surface area (Å²) in [5, 5.41) is 0. The minimum absolute atomic E-state index is 0.0939. The van der Waals surface area contributed by atoms with E-state index in [2.05, 4.69) is 0 Å². The third-order valence-corrected chi connectivity index (χ3v) is 3.42. The van der Waals surface area contributed by atoms with Gasteiger partial charge in [-0.25, -0.2) is 12.7 Å². The molecule has 0 aliphatic carbocycles. The molecule has 0 saturated carbocycles. The predicted octanol–water partition coefficient (Wildman–Crippen LogP) is 1.63. The fourth-order valence-corrected chi connectivity index (χ4v) is 2.32. The van der Waals surface area contributed by atoms with Crippen molar-refractivity contribution in [3.63, 3.8) is 0 Å². The molecule has 0 aromatic heterocycles. The van der Waals surface area contributed by atoms with Gasteiger partial charge in [0.2, 0.25) is 15.9 Å². The quantitative estimate of drug-likeness (QED) is 0.821. The smallest absolute Gasteiger partial charge is 0.238 e. The number of amides is 1. The van der Waals surface area contributed by atoms with Crippen molar-refractivity contribution in [3.8, 4) is 0 Å². The van der Waals surface area contributed by atoms with E-state index in [1.165, 1.54) is 0 Å². The molecule has 0 aliphatic heterocycles. The summed E-state index contributed by atoms with van der Waals surface area (Å²) in [7, 11) is -3.52. The molecule has 0 bridgehead atoms. The van der Waals surface area contributed by atoms with Crippen molar-refractivity contribution >= 4 is 15.9 Å². The minimum atomic E-state index is -3.52. The first-order chi connectivity index (χ1) is 7.82. The lowest BCUT2D eigenvalue weighted by Crippen LogP contribution is -2.38. The summed E-state index contributed by atoms with van der Waals surface area (Å²) in [6.07, 6.45) is 1.05. The van der Waals surface area contributed by atoms with Crippen molar-refractivity contribution in [2.45, 2.75) is 20.4 Å². The highest BCUT2D eigenvalue weighted by Crippen LogP contribution is 2.12. The third-order valence-electron chi connectivity index (χ3n) is 2.31. The molecular weight excluding hydrogens is 238 g/mol. The molecule has 4 nitrogen and oxygen atoms in total. The van der Waals surface area contributed by atoms with Gasteiger partial charge in [0.05, 0.1) is 12.8 Å². The fraction of sp³-hybridized carbons (Fsp3) is 0.417. The molecule has 17 heavy (non-hydrogen) atoms. The van der Waals surface area contributed by atoms with Gasteiger partial charge < -0.3 is 0 Å². The Morgan fingerprint density at radius 2 is 1.76 bits per heavy atom. The van der Waals surface area contributed by atoms with Gasteiger partial charge in [0, 0.05) is 5.92 Å². The van der Waals surface area contributed by atoms with Crippen LogP contribution in [0.3, 0.4) is 0 Å². The first-order valence-electron chi connectivity index (χ1n) is 5.38. The van der Waals surface area contributed by atoms with Crippen LogP contribution >= 0.6 is 0 Å². The lowest BCUT2D eigenvalue weighted by Gasteiger charge is -2.22. The normalized spacial score (nSPS) is 11.5. The predicted molar refractivity (Wildman–Crippen MR) is 66.7 cm³/mol. The topological polar surface area (TPSA) is 54.5 Å². The summed E-state index contributed by atoms with van der Waals surface area (Å²) in [6, 6.07) is 9.07. The summed E-state index contributed by atoms with van der Waals surface area (Å²) in [5.74, 6) is -0.718. The van der Waals surface area contributed by atoms with E-state index < -0.39 is 10.0 Å². The van der Waals surface area contributed by atoms with Gasteiger partial charge >= 0.3 is 0 Å². The number of carbonyl (C=O) groups excluding carboxylic acids is 1. The Kier molecular flexibility index (Phi) is 4.28. The summed E-state index contributed by atoms with van der Waals surface area (Å²) in [4.78, 5) is 11.8. The number of carbonyl (C=O) groups is 1. The van der Waals surface area contributed by atoms with E-state index in [9.17, 15) is 13.2 Å². The maximum absolute atomic E-state index is 11.8. The molecule has 94 valence electrons. The van der Waals surface area contributed by atoms with Crippen LogP contribution in [0, 0.1) is 5.92 Å². The number of hydrogen-bond donors (Lipinski definition) is 0. The van der Waals surface area contributed by atoms with Gasteiger partial charge in [0.15, 0.2) is 0 Å². The maximum Gasteiger partial charge on any atom is 0.238 e. The zero-order valence-electron chi connectivity index (χ0n) is 10.3. The SMILES string of the molecule is CC(C)C(=O)N(Cc1ccccc1)S(C)(=O)=O. The number of hydrogen-bond acceptors (Lipinski definition) is 3. The summed E-state index contributed by atoms with van der Waals surface area (Å²) in [5.41, 5.74) is 0.798. The summed E-state index contributed by atoms with van der Waals surface area (Å²) < 4.78 is 24.1. The number of rotatable bonds is 4. The molecule has 0 N–H and O–H groups in total. The Bertz CT molecular complexity index is 480. The minimum Gasteiger partial charge on any atom is -0.274 e. The van der Waals surface area contributed by atoms with Crippen LogP contribution in [0.1, 0.15) is 19.4 Å². The Labute approximate surface area is 102 Å². The molecule has 0 radical (unpaired) electrons. The van der Waals surface area contributed by atoms with Crippen molar-refractivity contribution in [2.24, 2.45) is 5.92 Å². The summed E-state index contributed by atoms with van der Waals surface area (Å²) in [6.45, 7) is 3.47. The molecule has 0 aliphatic rings. The standard InChI is InChI=1S/C12H17NO3S/c1-10(2)12(14)13(17(3,15)16)9-11-7-5-4-6-8-11/h4-8,10H,9H2,1-3H3. The average Bonchev–Trinajstić information content (AvgIpc) is 2.24. The van der Waals surface area contributed by atoms with Gasteiger partial charge in [-0.05, 0) is 5.56 Å². The molecule has 0 spiro atoms. The van der Waals surface area contributed by atoms with Crippen LogP contribution in [0.15, 0.2) is 30.3 Å². The maximum atomic E-state index is 11.8. The van der Waals surface area contributed by atoms with Crippen LogP contribution in [0.5, 0.6) is 0 Å². The van der Waals surface area contributed by atoms with Crippen molar-refractivity contribution in [1.82, 2.24) is 4.31 Å². The highest BCUT2D eigenvalue weighted by Gasteiger charge is 2.25. The first-order valence-corrected chi connectivity index (χ1v) is 7.22. The molecular formula is C12H17NO3S. The molecule has 0 heterocycles. The van der Waals surface area contributed by atoms with Gasteiger partial charge in [0.25, 0.3) is 0 Å². The zero-order chi connectivity index (χ0) is 13.1. The molecule has 0 unspecified atom stereocenters. The number of sulfonamides is 1. The fourth-order valence-electron chi connectivity index (χ4n) is 1.40. The second-order valence-electron chi connectivity index (χ2n) is 4.25. The molecule has 5 heteroatoms. The Hall–Kier alpha value is -1.36. The molecule has 1 rings (SSSR count). The second kappa shape index (κ2) is 5.31. The van der Waals surface area contributed by atoms with Gasteiger partial charge in [0.1, 0.15) is 0 Å². The van der Waals surface area contributed by atoms with Crippen molar-refractivity contribution in [1.29, 1.82) is 0 Å². The third kappa shape index (κ3) is 3.85. The van der Waals surface area contributed by atoms with Crippen LogP contribution in [0.4, 0.5) is 0 Å². The van der Waals surface area contributed by atoms with E-state index in [4.69, 9.17) is 0 Å². The van der Waals surface area contributed by atoms with Crippen molar-refractivity contribution in [2.75, 3.05) is 6.26 Å².